The molecule has 1 heterocycles. The number of rotatable bonds is 2. The van der Waals surface area contributed by atoms with Crippen molar-refractivity contribution in [2.45, 2.75) is 11.8 Å². The molecule has 0 amide bonds. The third kappa shape index (κ3) is 2.73. The summed E-state index contributed by atoms with van der Waals surface area (Å²) in [7, 11) is -3.32. The number of phenols is 1. The number of benzene rings is 1. The van der Waals surface area contributed by atoms with Crippen LogP contribution < -0.4 is 0 Å². The van der Waals surface area contributed by atoms with Gasteiger partial charge in [-0.05, 0) is 30.7 Å². The van der Waals surface area contributed by atoms with Crippen LogP contribution in [0.1, 0.15) is 5.56 Å². The average Bonchev–Trinajstić information content (AvgIpc) is 2.33. The molecular weight excluding hydrogens is 269 g/mol. The molecule has 1 aromatic carbocycles. The normalized spacial score (nSPS) is 11.5. The van der Waals surface area contributed by atoms with Crippen molar-refractivity contribution in [1.82, 2.24) is 4.98 Å². The third-order valence-corrected chi connectivity index (χ3v) is 3.82. The molecule has 0 aliphatic heterocycles. The molecule has 0 spiro atoms. The minimum atomic E-state index is -3.32. The van der Waals surface area contributed by atoms with Crippen LogP contribution in [0.15, 0.2) is 35.4 Å². The second kappa shape index (κ2) is 4.62. The molecule has 1 N–H and O–H groups in total. The monoisotopic (exact) mass is 281 g/mol. The number of aromatic hydroxyl groups is 1. The summed E-state index contributed by atoms with van der Waals surface area (Å²) >= 11 is 0. The van der Waals surface area contributed by atoms with Crippen LogP contribution in [0.2, 0.25) is 0 Å². The smallest absolute Gasteiger partial charge is 0.177 e. The second-order valence-electron chi connectivity index (χ2n) is 4.27. The van der Waals surface area contributed by atoms with Crippen LogP contribution >= 0.6 is 0 Å². The number of halogens is 1. The Bertz CT molecular complexity index is 724. The van der Waals surface area contributed by atoms with Crippen LogP contribution in [0.25, 0.3) is 11.3 Å². The first kappa shape index (κ1) is 13.5. The maximum Gasteiger partial charge on any atom is 0.177 e. The molecule has 100 valence electrons. The molecule has 4 nitrogen and oxygen atoms in total. The molecule has 0 saturated heterocycles. The van der Waals surface area contributed by atoms with Crippen molar-refractivity contribution in [3.63, 3.8) is 0 Å². The summed E-state index contributed by atoms with van der Waals surface area (Å²) in [6.45, 7) is 1.64. The Morgan fingerprint density at radius 3 is 2.47 bits per heavy atom. The van der Waals surface area contributed by atoms with Gasteiger partial charge in [0.1, 0.15) is 11.6 Å². The number of hydrogen-bond acceptors (Lipinski definition) is 4. The molecule has 6 heteroatoms. The van der Waals surface area contributed by atoms with Crippen LogP contribution in [0.4, 0.5) is 4.39 Å². The molecule has 1 aromatic heterocycles. The molecule has 0 atom stereocenters. The van der Waals surface area contributed by atoms with E-state index in [0.29, 0.717) is 11.3 Å². The molecule has 0 fully saturated rings. The Hall–Kier alpha value is -1.95. The Morgan fingerprint density at radius 1 is 1.26 bits per heavy atom. The van der Waals surface area contributed by atoms with Crippen molar-refractivity contribution in [2.75, 3.05) is 6.26 Å². The first-order valence-electron chi connectivity index (χ1n) is 5.44. The highest BCUT2D eigenvalue weighted by Gasteiger charge is 2.12. The van der Waals surface area contributed by atoms with Gasteiger partial charge >= 0.3 is 0 Å². The van der Waals surface area contributed by atoms with Crippen molar-refractivity contribution >= 4 is 9.84 Å². The third-order valence-electron chi connectivity index (χ3n) is 2.73. The Kier molecular flexibility index (Phi) is 3.28. The number of nitrogens with zero attached hydrogens (tertiary/aromatic N) is 1. The van der Waals surface area contributed by atoms with E-state index in [1.807, 2.05) is 0 Å². The van der Waals surface area contributed by atoms with E-state index in [9.17, 15) is 17.9 Å². The van der Waals surface area contributed by atoms with Gasteiger partial charge in [-0.3, -0.25) is 4.98 Å². The zero-order chi connectivity index (χ0) is 14.2. The molecule has 0 radical (unpaired) electrons. The molecule has 0 bridgehead atoms. The average molecular weight is 281 g/mol. The first-order chi connectivity index (χ1) is 8.79. The summed E-state index contributed by atoms with van der Waals surface area (Å²) in [4.78, 5) is 4.02. The second-order valence-corrected chi connectivity index (χ2v) is 6.29. The number of hydrogen-bond donors (Lipinski definition) is 1. The molecule has 0 aliphatic carbocycles. The minimum absolute atomic E-state index is 0.0761. The minimum Gasteiger partial charge on any atom is -0.508 e. The zero-order valence-electron chi connectivity index (χ0n) is 10.4. The zero-order valence-corrected chi connectivity index (χ0v) is 11.2. The van der Waals surface area contributed by atoms with Crippen LogP contribution in [0, 0.1) is 12.7 Å². The van der Waals surface area contributed by atoms with Gasteiger partial charge in [-0.15, -0.1) is 0 Å². The summed E-state index contributed by atoms with van der Waals surface area (Å²) in [5.74, 6) is -0.739. The molecule has 0 unspecified atom stereocenters. The van der Waals surface area contributed by atoms with Crippen molar-refractivity contribution in [2.24, 2.45) is 0 Å². The lowest BCUT2D eigenvalue weighted by Gasteiger charge is -2.06. The largest absolute Gasteiger partial charge is 0.508 e. The van der Waals surface area contributed by atoms with Gasteiger partial charge in [0.25, 0.3) is 0 Å². The van der Waals surface area contributed by atoms with E-state index in [2.05, 4.69) is 4.98 Å². The summed E-state index contributed by atoms with van der Waals surface area (Å²) in [6, 6.07) is 5.29. The van der Waals surface area contributed by atoms with Crippen LogP contribution in [-0.2, 0) is 9.84 Å². The Balaban J connectivity index is 2.52. The maximum absolute atomic E-state index is 13.7. The molecule has 0 saturated carbocycles. The number of aryl methyl sites for hydroxylation is 1. The van der Waals surface area contributed by atoms with E-state index in [4.69, 9.17) is 0 Å². The van der Waals surface area contributed by atoms with Crippen molar-refractivity contribution < 1.29 is 17.9 Å². The van der Waals surface area contributed by atoms with E-state index in [-0.39, 0.29) is 16.2 Å². The highest BCUT2D eigenvalue weighted by molar-refractivity contribution is 7.90. The van der Waals surface area contributed by atoms with Crippen molar-refractivity contribution in [1.29, 1.82) is 0 Å². The van der Waals surface area contributed by atoms with Crippen LogP contribution in [0.3, 0.4) is 0 Å². The van der Waals surface area contributed by atoms with Gasteiger partial charge in [0.15, 0.2) is 9.84 Å². The molecular formula is C13H12FNO3S. The SMILES string of the molecule is Cc1cc(-c2ccc(S(C)(=O)=O)cn2)c(F)cc1O. The van der Waals surface area contributed by atoms with E-state index in [1.165, 1.54) is 24.4 Å². The summed E-state index contributed by atoms with van der Waals surface area (Å²) in [5.41, 5.74) is 1.05. The Morgan fingerprint density at radius 2 is 1.95 bits per heavy atom. The van der Waals surface area contributed by atoms with Crippen molar-refractivity contribution in [3.05, 3.63) is 41.8 Å². The molecule has 0 aliphatic rings. The predicted molar refractivity (Wildman–Crippen MR) is 69.1 cm³/mol. The van der Waals surface area contributed by atoms with Crippen LogP contribution in [-0.4, -0.2) is 24.8 Å². The quantitative estimate of drug-likeness (QED) is 0.917. The lowest BCUT2D eigenvalue weighted by atomic mass is 10.1. The molecule has 2 rings (SSSR count). The fourth-order valence-electron chi connectivity index (χ4n) is 1.63. The van der Waals surface area contributed by atoms with Gasteiger partial charge in [-0.25, -0.2) is 12.8 Å². The summed E-state index contributed by atoms with van der Waals surface area (Å²) in [6.07, 6.45) is 2.27. The van der Waals surface area contributed by atoms with Gasteiger partial charge in [0.2, 0.25) is 0 Å². The lowest BCUT2D eigenvalue weighted by Crippen LogP contribution is -1.98. The first-order valence-corrected chi connectivity index (χ1v) is 7.34. The number of pyridine rings is 1. The number of aromatic nitrogens is 1. The van der Waals surface area contributed by atoms with Gasteiger partial charge in [-0.2, -0.15) is 0 Å². The van der Waals surface area contributed by atoms with E-state index in [1.54, 1.807) is 6.92 Å². The standard InChI is InChI=1S/C13H12FNO3S/c1-8-5-10(11(14)6-13(8)16)12-4-3-9(7-15-12)19(2,17)18/h3-7,16H,1-2H3. The van der Waals surface area contributed by atoms with E-state index in [0.717, 1.165) is 12.3 Å². The fraction of sp³-hybridized carbons (Fsp3) is 0.154. The number of phenolic OH excluding ortho intramolecular Hbond substituents is 1. The van der Waals surface area contributed by atoms with Crippen molar-refractivity contribution in [3.8, 4) is 17.0 Å². The van der Waals surface area contributed by atoms with Gasteiger partial charge < -0.3 is 5.11 Å². The van der Waals surface area contributed by atoms with Gasteiger partial charge in [0.05, 0.1) is 10.6 Å². The fourth-order valence-corrected chi connectivity index (χ4v) is 2.19. The highest BCUT2D eigenvalue weighted by atomic mass is 32.2. The Labute approximate surface area is 110 Å². The highest BCUT2D eigenvalue weighted by Crippen LogP contribution is 2.27. The molecule has 19 heavy (non-hydrogen) atoms. The van der Waals surface area contributed by atoms with E-state index < -0.39 is 15.7 Å². The molecule has 2 aromatic rings. The summed E-state index contributed by atoms with van der Waals surface area (Å²) < 4.78 is 36.3. The van der Waals surface area contributed by atoms with Crippen LogP contribution in [0.5, 0.6) is 5.75 Å². The summed E-state index contributed by atoms with van der Waals surface area (Å²) in [5, 5.41) is 9.38. The maximum atomic E-state index is 13.7. The lowest BCUT2D eigenvalue weighted by molar-refractivity contribution is 0.465. The predicted octanol–water partition coefficient (Wildman–Crippen LogP) is 2.31. The van der Waals surface area contributed by atoms with Gasteiger partial charge in [0, 0.05) is 24.1 Å². The topological polar surface area (TPSA) is 67.3 Å². The van der Waals surface area contributed by atoms with E-state index >= 15 is 0 Å². The van der Waals surface area contributed by atoms with Gasteiger partial charge in [-0.1, -0.05) is 0 Å². The number of sulfone groups is 1.